The Morgan fingerprint density at radius 2 is 1.73 bits per heavy atom. The molecule has 0 saturated carbocycles. The molecule has 2 aromatic rings. The van der Waals surface area contributed by atoms with E-state index >= 15 is 0 Å². The third-order valence-corrected chi connectivity index (χ3v) is 7.66. The van der Waals surface area contributed by atoms with E-state index in [0.717, 1.165) is 10.5 Å². The smallest absolute Gasteiger partial charge is 0.324 e. The van der Waals surface area contributed by atoms with E-state index in [1.807, 2.05) is 0 Å². The van der Waals surface area contributed by atoms with Crippen LogP contribution in [0.5, 0.6) is 0 Å². The van der Waals surface area contributed by atoms with Crippen LogP contribution in [0.25, 0.3) is 0 Å². The zero-order valence-corrected chi connectivity index (χ0v) is 19.7. The summed E-state index contributed by atoms with van der Waals surface area (Å²) in [5.41, 5.74) is 1.65. The lowest BCUT2D eigenvalue weighted by Gasteiger charge is -2.20. The Morgan fingerprint density at radius 3 is 2.30 bits per heavy atom. The van der Waals surface area contributed by atoms with Gasteiger partial charge in [0.2, 0.25) is 15.9 Å². The average molecular weight is 473 g/mol. The van der Waals surface area contributed by atoms with Crippen molar-refractivity contribution in [2.75, 3.05) is 19.6 Å². The number of carbonyl (C=O) groups excluding carboxylic acids is 3. The molecule has 0 unspecified atom stereocenters. The first-order chi connectivity index (χ1) is 15.7. The van der Waals surface area contributed by atoms with Crippen molar-refractivity contribution >= 4 is 27.9 Å². The number of rotatable bonds is 9. The minimum atomic E-state index is -3.55. The summed E-state index contributed by atoms with van der Waals surface area (Å²) in [5, 5.41) is 5.36. The SMILES string of the molecule is CCN(CC)S(=O)(=O)c1ccc([C@@H](C)NC(=O)c2ccccc2CN2C(=O)CNC2=O)cc1. The fraction of sp³-hybridized carbons (Fsp3) is 0.348. The van der Waals surface area contributed by atoms with Crippen LogP contribution in [-0.2, 0) is 21.4 Å². The number of nitrogens with zero attached hydrogens (tertiary/aromatic N) is 2. The third kappa shape index (κ3) is 5.23. The van der Waals surface area contributed by atoms with Crippen molar-refractivity contribution in [3.63, 3.8) is 0 Å². The molecule has 176 valence electrons. The second-order valence-corrected chi connectivity index (χ2v) is 9.59. The zero-order valence-electron chi connectivity index (χ0n) is 18.9. The quantitative estimate of drug-likeness (QED) is 0.543. The Morgan fingerprint density at radius 1 is 1.09 bits per heavy atom. The van der Waals surface area contributed by atoms with Crippen molar-refractivity contribution in [1.82, 2.24) is 19.8 Å². The van der Waals surface area contributed by atoms with Crippen LogP contribution in [0.15, 0.2) is 53.4 Å². The van der Waals surface area contributed by atoms with E-state index in [-0.39, 0.29) is 29.8 Å². The number of hydrogen-bond acceptors (Lipinski definition) is 5. The molecule has 2 aromatic carbocycles. The van der Waals surface area contributed by atoms with Crippen molar-refractivity contribution in [3.05, 3.63) is 65.2 Å². The highest BCUT2D eigenvalue weighted by molar-refractivity contribution is 7.89. The van der Waals surface area contributed by atoms with E-state index in [0.29, 0.717) is 24.2 Å². The van der Waals surface area contributed by atoms with Gasteiger partial charge in [-0.1, -0.05) is 44.2 Å². The lowest BCUT2D eigenvalue weighted by molar-refractivity contribution is -0.125. The first kappa shape index (κ1) is 24.4. The molecule has 0 bridgehead atoms. The van der Waals surface area contributed by atoms with Crippen LogP contribution in [0.4, 0.5) is 4.79 Å². The topological polar surface area (TPSA) is 116 Å². The molecule has 33 heavy (non-hydrogen) atoms. The first-order valence-corrected chi connectivity index (χ1v) is 12.2. The van der Waals surface area contributed by atoms with Gasteiger partial charge in [-0.3, -0.25) is 14.5 Å². The maximum absolute atomic E-state index is 13.0. The summed E-state index contributed by atoms with van der Waals surface area (Å²) in [6.07, 6.45) is 0. The molecule has 1 heterocycles. The van der Waals surface area contributed by atoms with Gasteiger partial charge >= 0.3 is 6.03 Å². The summed E-state index contributed by atoms with van der Waals surface area (Å²) in [4.78, 5) is 38.0. The fourth-order valence-electron chi connectivity index (χ4n) is 3.66. The van der Waals surface area contributed by atoms with Gasteiger partial charge in [-0.2, -0.15) is 4.31 Å². The molecule has 1 atom stereocenters. The first-order valence-electron chi connectivity index (χ1n) is 10.8. The van der Waals surface area contributed by atoms with E-state index in [2.05, 4.69) is 10.6 Å². The molecule has 3 rings (SSSR count). The number of carbonyl (C=O) groups is 3. The Kier molecular flexibility index (Phi) is 7.50. The molecule has 4 amide bonds. The summed E-state index contributed by atoms with van der Waals surface area (Å²) >= 11 is 0. The zero-order chi connectivity index (χ0) is 24.2. The molecular formula is C23H28N4O5S. The summed E-state index contributed by atoms with van der Waals surface area (Å²) in [6.45, 7) is 6.10. The van der Waals surface area contributed by atoms with E-state index < -0.39 is 22.1 Å². The maximum Gasteiger partial charge on any atom is 0.324 e. The summed E-state index contributed by atoms with van der Waals surface area (Å²) in [6, 6.07) is 12.3. The Bertz CT molecular complexity index is 1130. The van der Waals surface area contributed by atoms with E-state index in [4.69, 9.17) is 0 Å². The number of benzene rings is 2. The normalized spacial score (nSPS) is 15.0. The Labute approximate surface area is 193 Å². The monoisotopic (exact) mass is 472 g/mol. The van der Waals surface area contributed by atoms with Crippen molar-refractivity contribution in [2.24, 2.45) is 0 Å². The largest absolute Gasteiger partial charge is 0.346 e. The molecule has 0 aliphatic carbocycles. The van der Waals surface area contributed by atoms with Crippen molar-refractivity contribution in [2.45, 2.75) is 38.3 Å². The Hall–Kier alpha value is -3.24. The molecule has 0 aromatic heterocycles. The summed E-state index contributed by atoms with van der Waals surface area (Å²) in [7, 11) is -3.55. The molecule has 1 aliphatic heterocycles. The molecule has 0 radical (unpaired) electrons. The van der Waals surface area contributed by atoms with Gasteiger partial charge in [0.05, 0.1) is 24.0 Å². The molecular weight excluding hydrogens is 444 g/mol. The highest BCUT2D eigenvalue weighted by Crippen LogP contribution is 2.21. The predicted molar refractivity (Wildman–Crippen MR) is 123 cm³/mol. The molecule has 2 N–H and O–H groups in total. The second-order valence-electron chi connectivity index (χ2n) is 7.65. The van der Waals surface area contributed by atoms with Gasteiger partial charge in [-0.05, 0) is 36.2 Å². The van der Waals surface area contributed by atoms with Crippen molar-refractivity contribution < 1.29 is 22.8 Å². The van der Waals surface area contributed by atoms with E-state index in [9.17, 15) is 22.8 Å². The Balaban J connectivity index is 1.74. The van der Waals surface area contributed by atoms with Gasteiger partial charge in [-0.15, -0.1) is 0 Å². The molecule has 0 spiro atoms. The lowest BCUT2D eigenvalue weighted by Crippen LogP contribution is -2.32. The van der Waals surface area contributed by atoms with Gasteiger partial charge in [0, 0.05) is 18.7 Å². The van der Waals surface area contributed by atoms with Crippen LogP contribution in [0.2, 0.25) is 0 Å². The third-order valence-electron chi connectivity index (χ3n) is 5.60. The number of imide groups is 1. The van der Waals surface area contributed by atoms with Gasteiger partial charge in [0.25, 0.3) is 5.91 Å². The van der Waals surface area contributed by atoms with Gasteiger partial charge in [-0.25, -0.2) is 13.2 Å². The summed E-state index contributed by atoms with van der Waals surface area (Å²) in [5.74, 6) is -0.701. The maximum atomic E-state index is 13.0. The average Bonchev–Trinajstić information content (AvgIpc) is 3.12. The number of nitrogens with one attached hydrogen (secondary N) is 2. The number of hydrogen-bond donors (Lipinski definition) is 2. The number of sulfonamides is 1. The lowest BCUT2D eigenvalue weighted by atomic mass is 10.0. The molecule has 1 fully saturated rings. The highest BCUT2D eigenvalue weighted by atomic mass is 32.2. The van der Waals surface area contributed by atoms with Gasteiger partial charge < -0.3 is 10.6 Å². The van der Waals surface area contributed by atoms with Crippen molar-refractivity contribution in [1.29, 1.82) is 0 Å². The minimum Gasteiger partial charge on any atom is -0.346 e. The van der Waals surface area contributed by atoms with Crippen molar-refractivity contribution in [3.8, 4) is 0 Å². The number of amides is 4. The number of urea groups is 1. The van der Waals surface area contributed by atoms with Crippen LogP contribution in [0.1, 0.15) is 48.3 Å². The molecule has 1 aliphatic rings. The van der Waals surface area contributed by atoms with E-state index in [1.165, 1.54) is 16.4 Å². The molecule has 10 heteroatoms. The van der Waals surface area contributed by atoms with Gasteiger partial charge in [0.15, 0.2) is 0 Å². The summed E-state index contributed by atoms with van der Waals surface area (Å²) < 4.78 is 26.7. The van der Waals surface area contributed by atoms with Crippen LogP contribution in [-0.4, -0.2) is 55.1 Å². The minimum absolute atomic E-state index is 0.000550. The highest BCUT2D eigenvalue weighted by Gasteiger charge is 2.29. The predicted octanol–water partition coefficient (Wildman–Crippen LogP) is 2.26. The molecule has 9 nitrogen and oxygen atoms in total. The van der Waals surface area contributed by atoms with Gasteiger partial charge in [0.1, 0.15) is 0 Å². The van der Waals surface area contributed by atoms with Crippen LogP contribution in [0.3, 0.4) is 0 Å². The van der Waals surface area contributed by atoms with Crippen LogP contribution < -0.4 is 10.6 Å². The van der Waals surface area contributed by atoms with Crippen LogP contribution in [0, 0.1) is 0 Å². The second kappa shape index (κ2) is 10.1. The standard InChI is InChI=1S/C23H28N4O5S/c1-4-26(5-2)33(31,32)19-12-10-17(11-13-19)16(3)25-22(29)20-9-7-6-8-18(20)15-27-21(28)14-24-23(27)30/h6-13,16H,4-5,14-15H2,1-3H3,(H,24,30)(H,25,29)/t16-/m1/s1. The fourth-order valence-corrected chi connectivity index (χ4v) is 5.12. The molecule has 1 saturated heterocycles. The van der Waals surface area contributed by atoms with Crippen LogP contribution >= 0.6 is 0 Å². The van der Waals surface area contributed by atoms with E-state index in [1.54, 1.807) is 57.2 Å².